The molecule has 0 atom stereocenters. The van der Waals surface area contributed by atoms with Crippen LogP contribution in [0.15, 0.2) is 0 Å². The van der Waals surface area contributed by atoms with Crippen LogP contribution in [0, 0.1) is 0 Å². The fraction of sp³-hybridized carbons (Fsp3) is 1.00. The van der Waals surface area contributed by atoms with Crippen molar-refractivity contribution in [3.63, 3.8) is 0 Å². The molecule has 0 radical (unpaired) electrons. The van der Waals surface area contributed by atoms with Crippen molar-refractivity contribution >= 4 is 33.9 Å². The first-order valence-electron chi connectivity index (χ1n) is 2.12. The molecule has 0 aromatic rings. The first-order chi connectivity index (χ1) is 2.91. The summed E-state index contributed by atoms with van der Waals surface area (Å²) in [5.41, 5.74) is 0. The van der Waals surface area contributed by atoms with Gasteiger partial charge in [0, 0.05) is 0 Å². The molecular formula is C4H13Cl2OP. The molecule has 0 aromatic heterocycles. The molecule has 0 saturated carbocycles. The molecular weight excluding hydrogens is 166 g/mol. The van der Waals surface area contributed by atoms with Crippen LogP contribution in [-0.2, 0) is 4.57 Å². The van der Waals surface area contributed by atoms with E-state index in [-0.39, 0.29) is 24.8 Å². The zero-order chi connectivity index (χ0) is 5.41. The van der Waals surface area contributed by atoms with E-state index >= 15 is 0 Å². The summed E-state index contributed by atoms with van der Waals surface area (Å²) in [4.78, 5) is 0. The van der Waals surface area contributed by atoms with Crippen LogP contribution in [0.25, 0.3) is 0 Å². The van der Waals surface area contributed by atoms with Crippen LogP contribution in [0.5, 0.6) is 0 Å². The predicted octanol–water partition coefficient (Wildman–Crippen LogP) is 3.12. The van der Waals surface area contributed by atoms with Crippen LogP contribution in [0.4, 0.5) is 0 Å². The first-order valence-corrected chi connectivity index (χ1v) is 2.53. The summed E-state index contributed by atoms with van der Waals surface area (Å²) >= 11 is 0. The van der Waals surface area contributed by atoms with Crippen LogP contribution in [0.3, 0.4) is 0 Å². The maximum atomic E-state index is 8.06. The van der Waals surface area contributed by atoms with E-state index in [1.165, 1.54) is 12.8 Å². The second kappa shape index (κ2) is 47.7. The minimum atomic E-state index is 0. The number of hydrogen-bond donors (Lipinski definition) is 0. The fourth-order valence-electron chi connectivity index (χ4n) is 0. The number of halogens is 2. The standard InChI is InChI=1S/C4H10.2ClH.HOP/c1-3-4-2;;;1-2/h3-4H2,1-2H3;2*1H;2H. The molecule has 0 saturated heterocycles. The lowest BCUT2D eigenvalue weighted by molar-refractivity contribution is 0.607. The average Bonchev–Trinajstić information content (AvgIpc) is 1.72. The van der Waals surface area contributed by atoms with Gasteiger partial charge in [-0.3, -0.25) is 4.57 Å². The Hall–Kier alpha value is 0.680. The molecule has 8 heavy (non-hydrogen) atoms. The Morgan fingerprint density at radius 2 is 1.12 bits per heavy atom. The molecule has 0 unspecified atom stereocenters. The third-order valence-electron chi connectivity index (χ3n) is 0.500. The van der Waals surface area contributed by atoms with Crippen LogP contribution in [0.2, 0.25) is 0 Å². The zero-order valence-corrected chi connectivity index (χ0v) is 7.77. The predicted molar refractivity (Wildman–Crippen MR) is 44.1 cm³/mol. The fourth-order valence-corrected chi connectivity index (χ4v) is 0. The number of unbranched alkanes of at least 4 members (excludes halogenated alkanes) is 1. The second-order valence-corrected chi connectivity index (χ2v) is 1.000. The SMILES string of the molecule is CCCC.Cl.Cl.O=P. The Labute approximate surface area is 65.7 Å². The molecule has 0 heterocycles. The topological polar surface area (TPSA) is 17.1 Å². The summed E-state index contributed by atoms with van der Waals surface area (Å²) in [7, 11) is 1.72. The molecule has 0 aromatic carbocycles. The molecule has 0 bridgehead atoms. The summed E-state index contributed by atoms with van der Waals surface area (Å²) in [6.45, 7) is 4.36. The highest BCUT2D eigenvalue weighted by Crippen LogP contribution is 1.76. The van der Waals surface area contributed by atoms with Gasteiger partial charge < -0.3 is 0 Å². The van der Waals surface area contributed by atoms with Gasteiger partial charge in [-0.1, -0.05) is 26.7 Å². The van der Waals surface area contributed by atoms with E-state index in [4.69, 9.17) is 4.57 Å². The minimum Gasteiger partial charge on any atom is -0.279 e. The van der Waals surface area contributed by atoms with Gasteiger partial charge in [0.25, 0.3) is 0 Å². The van der Waals surface area contributed by atoms with Gasteiger partial charge in [0.05, 0.1) is 0 Å². The van der Waals surface area contributed by atoms with E-state index in [1.807, 2.05) is 0 Å². The number of rotatable bonds is 1. The van der Waals surface area contributed by atoms with Gasteiger partial charge in [-0.2, -0.15) is 0 Å². The molecule has 0 amide bonds. The molecule has 0 N–H and O–H groups in total. The van der Waals surface area contributed by atoms with Crippen LogP contribution >= 0.6 is 33.9 Å². The quantitative estimate of drug-likeness (QED) is 0.565. The third-order valence-corrected chi connectivity index (χ3v) is 0.500. The monoisotopic (exact) mass is 178 g/mol. The summed E-state index contributed by atoms with van der Waals surface area (Å²) < 4.78 is 8.06. The van der Waals surface area contributed by atoms with Crippen LogP contribution in [0.1, 0.15) is 26.7 Å². The Bertz CT molecular complexity index is 21.5. The lowest BCUT2D eigenvalue weighted by Gasteiger charge is -1.68. The summed E-state index contributed by atoms with van der Waals surface area (Å²) in [6, 6.07) is 0. The molecule has 1 nitrogen and oxygen atoms in total. The van der Waals surface area contributed by atoms with Crippen LogP contribution in [-0.4, -0.2) is 0 Å². The van der Waals surface area contributed by atoms with Gasteiger partial charge in [0.2, 0.25) is 0 Å². The molecule has 0 aliphatic carbocycles. The smallest absolute Gasteiger partial charge is 0.138 e. The van der Waals surface area contributed by atoms with Crippen molar-refractivity contribution in [1.82, 2.24) is 0 Å². The molecule has 0 spiro atoms. The lowest BCUT2D eigenvalue weighted by Crippen LogP contribution is -1.47. The van der Waals surface area contributed by atoms with E-state index in [1.54, 1.807) is 9.12 Å². The van der Waals surface area contributed by atoms with Crippen molar-refractivity contribution in [2.75, 3.05) is 0 Å². The summed E-state index contributed by atoms with van der Waals surface area (Å²) in [5, 5.41) is 0. The van der Waals surface area contributed by atoms with E-state index in [0.717, 1.165) is 0 Å². The van der Waals surface area contributed by atoms with Gasteiger partial charge in [0.15, 0.2) is 0 Å². The van der Waals surface area contributed by atoms with Crippen molar-refractivity contribution in [3.05, 3.63) is 0 Å². The van der Waals surface area contributed by atoms with Gasteiger partial charge in [-0.25, -0.2) is 0 Å². The average molecular weight is 179 g/mol. The third kappa shape index (κ3) is 76.4. The molecule has 0 aliphatic heterocycles. The Kier molecular flexibility index (Phi) is 139. The Balaban J connectivity index is -0.0000000183. The molecule has 0 aliphatic rings. The molecule has 0 rings (SSSR count). The van der Waals surface area contributed by atoms with E-state index in [2.05, 4.69) is 13.8 Å². The maximum absolute atomic E-state index is 8.06. The summed E-state index contributed by atoms with van der Waals surface area (Å²) in [5.74, 6) is 0. The zero-order valence-electron chi connectivity index (χ0n) is 5.14. The first kappa shape index (κ1) is 23.4. The van der Waals surface area contributed by atoms with E-state index < -0.39 is 0 Å². The highest BCUT2D eigenvalue weighted by molar-refractivity contribution is 7.00. The van der Waals surface area contributed by atoms with Crippen LogP contribution < -0.4 is 0 Å². The van der Waals surface area contributed by atoms with Crippen molar-refractivity contribution in [3.8, 4) is 0 Å². The minimum absolute atomic E-state index is 0. The van der Waals surface area contributed by atoms with Gasteiger partial charge in [0.1, 0.15) is 9.12 Å². The van der Waals surface area contributed by atoms with Gasteiger partial charge in [-0.15, -0.1) is 24.8 Å². The van der Waals surface area contributed by atoms with Gasteiger partial charge >= 0.3 is 0 Å². The van der Waals surface area contributed by atoms with Gasteiger partial charge in [-0.05, 0) is 0 Å². The van der Waals surface area contributed by atoms with Crippen molar-refractivity contribution in [2.45, 2.75) is 26.7 Å². The van der Waals surface area contributed by atoms with E-state index in [9.17, 15) is 0 Å². The molecule has 0 fully saturated rings. The molecule has 4 heteroatoms. The highest BCUT2D eigenvalue weighted by Gasteiger charge is 1.56. The summed E-state index contributed by atoms with van der Waals surface area (Å²) in [6.07, 6.45) is 2.64. The lowest BCUT2D eigenvalue weighted by atomic mass is 10.4. The van der Waals surface area contributed by atoms with Crippen molar-refractivity contribution in [2.24, 2.45) is 0 Å². The van der Waals surface area contributed by atoms with Crippen molar-refractivity contribution < 1.29 is 4.57 Å². The Morgan fingerprint density at radius 3 is 1.12 bits per heavy atom. The molecule has 54 valence electrons. The maximum Gasteiger partial charge on any atom is 0.138 e. The van der Waals surface area contributed by atoms with Crippen molar-refractivity contribution in [1.29, 1.82) is 0 Å². The Morgan fingerprint density at radius 1 is 1.00 bits per heavy atom. The van der Waals surface area contributed by atoms with E-state index in [0.29, 0.717) is 0 Å². The second-order valence-electron chi connectivity index (χ2n) is 1.000. The largest absolute Gasteiger partial charge is 0.279 e. The normalized spacial score (nSPS) is 4.25. The highest BCUT2D eigenvalue weighted by atomic mass is 35.5. The number of hydrogen-bond acceptors (Lipinski definition) is 1.